The van der Waals surface area contributed by atoms with Gasteiger partial charge in [0, 0.05) is 12.6 Å². The third-order valence-corrected chi connectivity index (χ3v) is 7.15. The van der Waals surface area contributed by atoms with E-state index in [0.29, 0.717) is 0 Å². The summed E-state index contributed by atoms with van der Waals surface area (Å²) in [6, 6.07) is -3.29. The number of nitrogens with two attached hydrogens (primary N) is 4. The molecule has 3 rings (SSSR count). The molecule has 0 aromatic carbocycles. The minimum absolute atomic E-state index is 0.0255. The zero-order chi connectivity index (χ0) is 28.3. The standard InChI is InChI=1S/C21H41N5O12/c22-2-1-8(28)19(34)26-7-3-6(24)17(37-20-11(25)15(32)13(30)9(4-23)35-20)18(12(7)29)38-21-16(33)14(31)10(5-27)36-21/h6-18,20-21,27-33H,1-5,22-25H2,(H,26,34)/t6?,7?,8?,9?,10-,11+,12-,13?,14+,15-,16+,17?,18-,20?,21?/m1/s1. The van der Waals surface area contributed by atoms with Gasteiger partial charge in [0.1, 0.15) is 61.0 Å². The van der Waals surface area contributed by atoms with E-state index in [1.165, 1.54) is 0 Å². The molecule has 3 fully saturated rings. The molecule has 222 valence electrons. The number of carbonyl (C=O) groups is 1. The van der Waals surface area contributed by atoms with Gasteiger partial charge < -0.3 is 82.9 Å². The number of rotatable bonds is 10. The average Bonchev–Trinajstić information content (AvgIpc) is 3.16. The van der Waals surface area contributed by atoms with Gasteiger partial charge in [-0.25, -0.2) is 0 Å². The Labute approximate surface area is 218 Å². The normalized spacial score (nSPS) is 46.6. The monoisotopic (exact) mass is 555 g/mol. The van der Waals surface area contributed by atoms with Crippen molar-refractivity contribution in [1.29, 1.82) is 0 Å². The van der Waals surface area contributed by atoms with E-state index < -0.39 is 104 Å². The van der Waals surface area contributed by atoms with Gasteiger partial charge in [0.15, 0.2) is 12.6 Å². The first-order valence-electron chi connectivity index (χ1n) is 12.5. The Hall–Kier alpha value is -1.13. The van der Waals surface area contributed by atoms with E-state index in [0.717, 1.165) is 0 Å². The fourth-order valence-corrected chi connectivity index (χ4v) is 4.84. The van der Waals surface area contributed by atoms with Crippen LogP contribution in [0.2, 0.25) is 0 Å². The van der Waals surface area contributed by atoms with Crippen LogP contribution in [0.3, 0.4) is 0 Å². The second-order valence-corrected chi connectivity index (χ2v) is 9.84. The maximum atomic E-state index is 12.4. The van der Waals surface area contributed by atoms with E-state index in [1.807, 2.05) is 0 Å². The molecule has 0 aromatic heterocycles. The van der Waals surface area contributed by atoms with Gasteiger partial charge in [-0.3, -0.25) is 4.79 Å². The largest absolute Gasteiger partial charge is 0.394 e. The second-order valence-electron chi connectivity index (χ2n) is 9.84. The van der Waals surface area contributed by atoms with Crippen LogP contribution in [-0.4, -0.2) is 153 Å². The van der Waals surface area contributed by atoms with E-state index in [2.05, 4.69) is 5.32 Å². The molecule has 15 atom stereocenters. The van der Waals surface area contributed by atoms with Gasteiger partial charge in [-0.15, -0.1) is 0 Å². The third-order valence-electron chi connectivity index (χ3n) is 7.15. The Morgan fingerprint density at radius 1 is 0.895 bits per heavy atom. The van der Waals surface area contributed by atoms with Gasteiger partial charge >= 0.3 is 0 Å². The summed E-state index contributed by atoms with van der Waals surface area (Å²) in [5.41, 5.74) is 23.3. The summed E-state index contributed by atoms with van der Waals surface area (Å²) in [7, 11) is 0. The van der Waals surface area contributed by atoms with E-state index in [-0.39, 0.29) is 25.9 Å². The number of amides is 1. The highest BCUT2D eigenvalue weighted by molar-refractivity contribution is 5.80. The molecule has 1 amide bonds. The summed E-state index contributed by atoms with van der Waals surface area (Å²) < 4.78 is 22.7. The van der Waals surface area contributed by atoms with Crippen LogP contribution in [0.5, 0.6) is 0 Å². The molecule has 2 heterocycles. The fraction of sp³-hybridized carbons (Fsp3) is 0.952. The van der Waals surface area contributed by atoms with Crippen LogP contribution in [0.4, 0.5) is 0 Å². The number of hydrogen-bond donors (Lipinski definition) is 12. The smallest absolute Gasteiger partial charge is 0.249 e. The zero-order valence-corrected chi connectivity index (χ0v) is 20.7. The SMILES string of the molecule is NCCC(O)C(=O)NC1CC(N)C(OC2OC(CN)C(O)[C@H](O)[C@@H]2N)[C@H](OC2O[C@H](CO)[C@H](O)[C@@H]2O)[C@@H]1O. The molecule has 16 N–H and O–H groups in total. The number of ether oxygens (including phenoxy) is 4. The van der Waals surface area contributed by atoms with Crippen LogP contribution in [0, 0.1) is 0 Å². The summed E-state index contributed by atoms with van der Waals surface area (Å²) in [6.07, 6.45) is -16.9. The third kappa shape index (κ3) is 6.60. The van der Waals surface area contributed by atoms with Gasteiger partial charge in [0.05, 0.1) is 18.7 Å². The molecule has 3 aliphatic rings. The first kappa shape index (κ1) is 31.4. The number of carbonyl (C=O) groups excluding carboxylic acids is 1. The lowest BCUT2D eigenvalue weighted by Gasteiger charge is -2.48. The van der Waals surface area contributed by atoms with Gasteiger partial charge in [0.2, 0.25) is 5.91 Å². The molecule has 0 aromatic rings. The quantitative estimate of drug-likeness (QED) is 0.119. The van der Waals surface area contributed by atoms with Crippen molar-refractivity contribution in [2.75, 3.05) is 19.7 Å². The van der Waals surface area contributed by atoms with Crippen LogP contribution in [0.25, 0.3) is 0 Å². The van der Waals surface area contributed by atoms with Crippen LogP contribution in [0.1, 0.15) is 12.8 Å². The van der Waals surface area contributed by atoms with Crippen molar-refractivity contribution in [3.05, 3.63) is 0 Å². The number of aliphatic hydroxyl groups excluding tert-OH is 7. The molecular weight excluding hydrogens is 514 g/mol. The number of nitrogens with one attached hydrogen (secondary N) is 1. The predicted molar refractivity (Wildman–Crippen MR) is 125 cm³/mol. The van der Waals surface area contributed by atoms with Crippen molar-refractivity contribution in [1.82, 2.24) is 5.32 Å². The predicted octanol–water partition coefficient (Wildman–Crippen LogP) is -7.79. The van der Waals surface area contributed by atoms with Crippen molar-refractivity contribution in [3.63, 3.8) is 0 Å². The Bertz CT molecular complexity index is 770. The Morgan fingerprint density at radius 3 is 2.08 bits per heavy atom. The molecule has 2 aliphatic heterocycles. The number of hydrogen-bond acceptors (Lipinski definition) is 16. The molecule has 17 nitrogen and oxygen atoms in total. The molecule has 0 radical (unpaired) electrons. The van der Waals surface area contributed by atoms with E-state index in [9.17, 15) is 40.5 Å². The van der Waals surface area contributed by atoms with Crippen LogP contribution in [-0.2, 0) is 23.7 Å². The van der Waals surface area contributed by atoms with Gasteiger partial charge in [-0.05, 0) is 19.4 Å². The van der Waals surface area contributed by atoms with Crippen molar-refractivity contribution >= 4 is 5.91 Å². The van der Waals surface area contributed by atoms with Crippen LogP contribution >= 0.6 is 0 Å². The fourth-order valence-electron chi connectivity index (χ4n) is 4.84. The number of aliphatic hydroxyl groups is 7. The molecular formula is C21H41N5O12. The van der Waals surface area contributed by atoms with E-state index in [1.54, 1.807) is 0 Å². The highest BCUT2D eigenvalue weighted by atomic mass is 16.7. The topological polar surface area (TPSA) is 312 Å². The van der Waals surface area contributed by atoms with Crippen LogP contribution in [0.15, 0.2) is 0 Å². The lowest BCUT2D eigenvalue weighted by molar-refractivity contribution is -0.307. The first-order chi connectivity index (χ1) is 17.9. The van der Waals surface area contributed by atoms with Gasteiger partial charge in [-0.2, -0.15) is 0 Å². The summed E-state index contributed by atoms with van der Waals surface area (Å²) in [5.74, 6) is -0.807. The second kappa shape index (κ2) is 13.5. The summed E-state index contributed by atoms with van der Waals surface area (Å²) in [5, 5.41) is 74.0. The molecule has 1 aliphatic carbocycles. The first-order valence-corrected chi connectivity index (χ1v) is 12.5. The average molecular weight is 556 g/mol. The van der Waals surface area contributed by atoms with E-state index >= 15 is 0 Å². The van der Waals surface area contributed by atoms with Gasteiger partial charge in [0.25, 0.3) is 0 Å². The minimum Gasteiger partial charge on any atom is -0.394 e. The molecule has 17 heteroatoms. The summed E-state index contributed by atoms with van der Waals surface area (Å²) in [6.45, 7) is -0.764. The highest BCUT2D eigenvalue weighted by Crippen LogP contribution is 2.32. The Balaban J connectivity index is 1.84. The lowest BCUT2D eigenvalue weighted by Crippen LogP contribution is -2.69. The van der Waals surface area contributed by atoms with Crippen molar-refractivity contribution in [2.24, 2.45) is 22.9 Å². The summed E-state index contributed by atoms with van der Waals surface area (Å²) >= 11 is 0. The molecule has 8 unspecified atom stereocenters. The maximum absolute atomic E-state index is 12.4. The molecule has 38 heavy (non-hydrogen) atoms. The Morgan fingerprint density at radius 2 is 1.50 bits per heavy atom. The lowest BCUT2D eigenvalue weighted by atomic mass is 9.83. The Kier molecular flexibility index (Phi) is 11.1. The maximum Gasteiger partial charge on any atom is 0.249 e. The molecule has 2 saturated heterocycles. The molecule has 0 spiro atoms. The van der Waals surface area contributed by atoms with Crippen molar-refractivity contribution in [2.45, 2.75) is 105 Å². The zero-order valence-electron chi connectivity index (χ0n) is 20.7. The molecule has 0 bridgehead atoms. The van der Waals surface area contributed by atoms with Crippen molar-refractivity contribution in [3.8, 4) is 0 Å². The summed E-state index contributed by atoms with van der Waals surface area (Å²) in [4.78, 5) is 12.4. The van der Waals surface area contributed by atoms with Crippen LogP contribution < -0.4 is 28.3 Å². The van der Waals surface area contributed by atoms with Gasteiger partial charge in [-0.1, -0.05) is 0 Å². The minimum atomic E-state index is -1.62. The molecule has 1 saturated carbocycles. The highest BCUT2D eigenvalue weighted by Gasteiger charge is 2.53. The van der Waals surface area contributed by atoms with Crippen molar-refractivity contribution < 1.29 is 59.5 Å². The van der Waals surface area contributed by atoms with E-state index in [4.69, 9.17) is 41.9 Å².